The van der Waals surface area contributed by atoms with Gasteiger partial charge < -0.3 is 11.1 Å². The van der Waals surface area contributed by atoms with Gasteiger partial charge in [0, 0.05) is 0 Å². The summed E-state index contributed by atoms with van der Waals surface area (Å²) in [6, 6.07) is -0.428. The third kappa shape index (κ3) is 3.14. The van der Waals surface area contributed by atoms with Crippen molar-refractivity contribution < 1.29 is 4.79 Å². The van der Waals surface area contributed by atoms with Crippen LogP contribution >= 0.6 is 0 Å². The normalized spacial score (nSPS) is 12.4. The number of H-pyrrole nitrogens is 1. The van der Waals surface area contributed by atoms with Gasteiger partial charge in [0.2, 0.25) is 5.91 Å². The second-order valence-corrected chi connectivity index (χ2v) is 3.05. The van der Waals surface area contributed by atoms with E-state index in [2.05, 4.69) is 20.5 Å². The highest BCUT2D eigenvalue weighted by molar-refractivity contribution is 5.81. The molecule has 1 rings (SSSR count). The van der Waals surface area contributed by atoms with Gasteiger partial charge in [0.25, 0.3) is 0 Å². The summed E-state index contributed by atoms with van der Waals surface area (Å²) in [6.45, 7) is 2.33. The number of nitrogens with one attached hydrogen (secondary N) is 2. The molecule has 1 unspecified atom stereocenters. The van der Waals surface area contributed by atoms with Crippen molar-refractivity contribution in [3.63, 3.8) is 0 Å². The largest absolute Gasteiger partial charge is 0.347 e. The first-order valence-electron chi connectivity index (χ1n) is 4.61. The standard InChI is InChI=1S/C8H15N5O/c1-2-3-6(9)8(14)10-4-7-11-5-12-13-7/h5-6H,2-4,9H2,1H3,(H,10,14)(H,11,12,13). The minimum absolute atomic E-state index is 0.150. The van der Waals surface area contributed by atoms with Crippen LogP contribution < -0.4 is 11.1 Å². The van der Waals surface area contributed by atoms with Gasteiger partial charge in [0.15, 0.2) is 0 Å². The Morgan fingerprint density at radius 1 is 1.79 bits per heavy atom. The number of rotatable bonds is 5. The number of carbonyl (C=O) groups excluding carboxylic acids is 1. The molecule has 0 saturated carbocycles. The molecule has 4 N–H and O–H groups in total. The molecule has 1 atom stereocenters. The lowest BCUT2D eigenvalue weighted by atomic mass is 10.2. The second-order valence-electron chi connectivity index (χ2n) is 3.05. The topological polar surface area (TPSA) is 96.7 Å². The molecule has 6 nitrogen and oxygen atoms in total. The summed E-state index contributed by atoms with van der Waals surface area (Å²) >= 11 is 0. The Hall–Kier alpha value is -1.43. The molecular weight excluding hydrogens is 182 g/mol. The van der Waals surface area contributed by atoms with E-state index in [9.17, 15) is 4.79 Å². The maximum Gasteiger partial charge on any atom is 0.237 e. The molecule has 1 heterocycles. The third-order valence-corrected chi connectivity index (χ3v) is 1.83. The lowest BCUT2D eigenvalue weighted by Crippen LogP contribution is -2.40. The molecule has 1 aromatic heterocycles. The molecule has 0 aliphatic rings. The van der Waals surface area contributed by atoms with Crippen LogP contribution in [-0.2, 0) is 11.3 Å². The molecule has 1 amide bonds. The van der Waals surface area contributed by atoms with Gasteiger partial charge in [-0.1, -0.05) is 13.3 Å². The number of aromatic amines is 1. The number of nitrogens with two attached hydrogens (primary N) is 1. The minimum atomic E-state index is -0.428. The van der Waals surface area contributed by atoms with Crippen molar-refractivity contribution in [2.45, 2.75) is 32.4 Å². The van der Waals surface area contributed by atoms with E-state index in [1.54, 1.807) is 0 Å². The number of aromatic nitrogens is 3. The summed E-state index contributed by atoms with van der Waals surface area (Å²) in [4.78, 5) is 15.2. The summed E-state index contributed by atoms with van der Waals surface area (Å²) in [6.07, 6.45) is 2.99. The van der Waals surface area contributed by atoms with Crippen molar-refractivity contribution in [1.29, 1.82) is 0 Å². The Bertz CT molecular complexity index is 271. The van der Waals surface area contributed by atoms with Crippen molar-refractivity contribution >= 4 is 5.91 Å². The van der Waals surface area contributed by atoms with E-state index in [-0.39, 0.29) is 5.91 Å². The number of hydrogen-bond donors (Lipinski definition) is 3. The number of amides is 1. The van der Waals surface area contributed by atoms with Crippen LogP contribution in [0.4, 0.5) is 0 Å². The van der Waals surface area contributed by atoms with Crippen molar-refractivity contribution in [1.82, 2.24) is 20.5 Å². The molecule has 0 bridgehead atoms. The highest BCUT2D eigenvalue weighted by atomic mass is 16.2. The van der Waals surface area contributed by atoms with Crippen LogP contribution in [0.15, 0.2) is 6.33 Å². The third-order valence-electron chi connectivity index (χ3n) is 1.83. The first kappa shape index (κ1) is 10.6. The van der Waals surface area contributed by atoms with E-state index in [0.717, 1.165) is 6.42 Å². The van der Waals surface area contributed by atoms with Crippen molar-refractivity contribution in [3.05, 3.63) is 12.2 Å². The fourth-order valence-corrected chi connectivity index (χ4v) is 1.06. The number of hydrogen-bond acceptors (Lipinski definition) is 4. The van der Waals surface area contributed by atoms with Gasteiger partial charge in [-0.3, -0.25) is 9.89 Å². The van der Waals surface area contributed by atoms with Crippen molar-refractivity contribution in [3.8, 4) is 0 Å². The van der Waals surface area contributed by atoms with Crippen LogP contribution in [0.2, 0.25) is 0 Å². The van der Waals surface area contributed by atoms with Crippen LogP contribution in [0.1, 0.15) is 25.6 Å². The van der Waals surface area contributed by atoms with Gasteiger partial charge in [-0.25, -0.2) is 4.98 Å². The zero-order valence-corrected chi connectivity index (χ0v) is 8.16. The number of nitrogens with zero attached hydrogens (tertiary/aromatic N) is 2. The lowest BCUT2D eigenvalue weighted by molar-refractivity contribution is -0.122. The van der Waals surface area contributed by atoms with E-state index in [4.69, 9.17) is 5.73 Å². The SMILES string of the molecule is CCCC(N)C(=O)NCc1ncn[nH]1. The average Bonchev–Trinajstić information content (AvgIpc) is 2.67. The maximum absolute atomic E-state index is 11.3. The molecule has 0 aliphatic heterocycles. The fraction of sp³-hybridized carbons (Fsp3) is 0.625. The Morgan fingerprint density at radius 3 is 3.14 bits per heavy atom. The minimum Gasteiger partial charge on any atom is -0.347 e. The lowest BCUT2D eigenvalue weighted by Gasteiger charge is -2.09. The summed E-state index contributed by atoms with van der Waals surface area (Å²) in [5.74, 6) is 0.477. The fourth-order valence-electron chi connectivity index (χ4n) is 1.06. The van der Waals surface area contributed by atoms with Gasteiger partial charge in [0.05, 0.1) is 12.6 Å². The molecule has 0 saturated heterocycles. The van der Waals surface area contributed by atoms with E-state index in [1.165, 1.54) is 6.33 Å². The molecule has 0 radical (unpaired) electrons. The molecule has 78 valence electrons. The predicted molar refractivity (Wildman–Crippen MR) is 51.1 cm³/mol. The first-order valence-corrected chi connectivity index (χ1v) is 4.61. The Morgan fingerprint density at radius 2 is 2.57 bits per heavy atom. The summed E-state index contributed by atoms with van der Waals surface area (Å²) < 4.78 is 0. The molecule has 0 spiro atoms. The maximum atomic E-state index is 11.3. The molecule has 14 heavy (non-hydrogen) atoms. The van der Waals surface area contributed by atoms with Crippen LogP contribution in [0.3, 0.4) is 0 Å². The highest BCUT2D eigenvalue weighted by Crippen LogP contribution is 1.93. The molecule has 0 fully saturated rings. The zero-order valence-electron chi connectivity index (χ0n) is 8.16. The summed E-state index contributed by atoms with van der Waals surface area (Å²) in [5, 5.41) is 8.98. The highest BCUT2D eigenvalue weighted by Gasteiger charge is 2.11. The van der Waals surface area contributed by atoms with Gasteiger partial charge >= 0.3 is 0 Å². The molecule has 1 aromatic rings. The number of carbonyl (C=O) groups is 1. The van der Waals surface area contributed by atoms with Gasteiger partial charge in [-0.15, -0.1) is 0 Å². The van der Waals surface area contributed by atoms with E-state index < -0.39 is 6.04 Å². The van der Waals surface area contributed by atoms with Gasteiger partial charge in [-0.05, 0) is 6.42 Å². The van der Waals surface area contributed by atoms with Gasteiger partial charge in [0.1, 0.15) is 12.2 Å². The zero-order chi connectivity index (χ0) is 10.4. The van der Waals surface area contributed by atoms with Crippen LogP contribution in [-0.4, -0.2) is 27.1 Å². The quantitative estimate of drug-likeness (QED) is 0.595. The average molecular weight is 197 g/mol. The Kier molecular flexibility index (Phi) is 4.06. The van der Waals surface area contributed by atoms with Crippen molar-refractivity contribution in [2.24, 2.45) is 5.73 Å². The molecule has 0 aromatic carbocycles. The second kappa shape index (κ2) is 5.33. The Balaban J connectivity index is 2.27. The molecule has 6 heteroatoms. The van der Waals surface area contributed by atoms with Gasteiger partial charge in [-0.2, -0.15) is 5.10 Å². The van der Waals surface area contributed by atoms with E-state index in [1.807, 2.05) is 6.92 Å². The summed E-state index contributed by atoms with van der Waals surface area (Å²) in [5.41, 5.74) is 5.61. The molecular formula is C8H15N5O. The van der Waals surface area contributed by atoms with Crippen molar-refractivity contribution in [2.75, 3.05) is 0 Å². The molecule has 0 aliphatic carbocycles. The Labute approximate surface area is 82.3 Å². The predicted octanol–water partition coefficient (Wildman–Crippen LogP) is -0.452. The van der Waals surface area contributed by atoms with Crippen LogP contribution in [0.5, 0.6) is 0 Å². The van der Waals surface area contributed by atoms with Crippen LogP contribution in [0, 0.1) is 0 Å². The monoisotopic (exact) mass is 197 g/mol. The van der Waals surface area contributed by atoms with E-state index >= 15 is 0 Å². The van der Waals surface area contributed by atoms with Crippen LogP contribution in [0.25, 0.3) is 0 Å². The van der Waals surface area contributed by atoms with E-state index in [0.29, 0.717) is 18.8 Å². The summed E-state index contributed by atoms with van der Waals surface area (Å²) in [7, 11) is 0. The first-order chi connectivity index (χ1) is 6.74. The smallest absolute Gasteiger partial charge is 0.237 e.